The van der Waals surface area contributed by atoms with Gasteiger partial charge in [-0.25, -0.2) is 0 Å². The molecule has 0 saturated heterocycles. The third-order valence-corrected chi connectivity index (χ3v) is 3.68. The van der Waals surface area contributed by atoms with Crippen molar-refractivity contribution in [3.63, 3.8) is 0 Å². The average Bonchev–Trinajstić information content (AvgIpc) is 2.57. The molecule has 0 heterocycles. The summed E-state index contributed by atoms with van der Waals surface area (Å²) in [6.45, 7) is 4.62. The monoisotopic (exact) mass is 205 g/mol. The molecule has 2 rings (SSSR count). The van der Waals surface area contributed by atoms with Gasteiger partial charge in [-0.2, -0.15) is 0 Å². The molecule has 0 fully saturated rings. The van der Waals surface area contributed by atoms with Gasteiger partial charge in [0.05, 0.1) is 5.60 Å². The number of nitrogens with two attached hydrogens (primary N) is 1. The third kappa shape index (κ3) is 1.58. The fraction of sp³-hybridized carbons (Fsp3) is 0.538. The van der Waals surface area contributed by atoms with Gasteiger partial charge >= 0.3 is 0 Å². The van der Waals surface area contributed by atoms with E-state index in [4.69, 9.17) is 5.73 Å². The van der Waals surface area contributed by atoms with Crippen LogP contribution in [0.3, 0.4) is 0 Å². The van der Waals surface area contributed by atoms with Crippen LogP contribution in [0.15, 0.2) is 18.2 Å². The Kier molecular flexibility index (Phi) is 2.57. The molecule has 0 radical (unpaired) electrons. The van der Waals surface area contributed by atoms with E-state index in [0.29, 0.717) is 6.54 Å². The Hall–Kier alpha value is -0.860. The normalized spacial score (nSPS) is 26.4. The van der Waals surface area contributed by atoms with Crippen LogP contribution < -0.4 is 5.73 Å². The summed E-state index contributed by atoms with van der Waals surface area (Å²) in [6.07, 6.45) is 1.78. The van der Waals surface area contributed by atoms with Gasteiger partial charge in [0.2, 0.25) is 0 Å². The van der Waals surface area contributed by atoms with E-state index in [1.807, 2.05) is 6.92 Å². The second-order valence-corrected chi connectivity index (χ2v) is 4.72. The molecule has 1 aliphatic carbocycles. The molecule has 0 aromatic heterocycles. The third-order valence-electron chi connectivity index (χ3n) is 3.68. The molecule has 2 heteroatoms. The number of hydrogen-bond acceptors (Lipinski definition) is 2. The van der Waals surface area contributed by atoms with Gasteiger partial charge in [-0.3, -0.25) is 0 Å². The van der Waals surface area contributed by atoms with Crippen LogP contribution in [0.25, 0.3) is 0 Å². The molecule has 15 heavy (non-hydrogen) atoms. The Labute approximate surface area is 91.1 Å². The molecule has 3 N–H and O–H groups in total. The van der Waals surface area contributed by atoms with Crippen LogP contribution in [0.4, 0.5) is 0 Å². The lowest BCUT2D eigenvalue weighted by Crippen LogP contribution is -2.35. The number of aryl methyl sites for hydroxylation is 2. The zero-order valence-electron chi connectivity index (χ0n) is 9.46. The second kappa shape index (κ2) is 3.62. The lowest BCUT2D eigenvalue weighted by molar-refractivity contribution is -0.0119. The van der Waals surface area contributed by atoms with Crippen molar-refractivity contribution < 1.29 is 5.11 Å². The van der Waals surface area contributed by atoms with Crippen molar-refractivity contribution >= 4 is 0 Å². The maximum absolute atomic E-state index is 10.7. The Morgan fingerprint density at radius 1 is 1.53 bits per heavy atom. The van der Waals surface area contributed by atoms with Crippen LogP contribution in [0.1, 0.15) is 30.0 Å². The fourth-order valence-electron chi connectivity index (χ4n) is 2.48. The summed E-state index contributed by atoms with van der Waals surface area (Å²) in [5, 5.41) is 10.7. The van der Waals surface area contributed by atoms with E-state index in [-0.39, 0.29) is 5.92 Å². The molecule has 1 aromatic carbocycles. The quantitative estimate of drug-likeness (QED) is 0.772. The standard InChI is InChI=1S/C13H19NO/c1-9-3-4-11-5-6-13(15,10(2)8-14)12(11)7-9/h3-4,7,10,15H,5-6,8,14H2,1-2H3. The first kappa shape index (κ1) is 10.7. The Bertz CT molecular complexity index is 375. The topological polar surface area (TPSA) is 46.2 Å². The molecular formula is C13H19NO. The van der Waals surface area contributed by atoms with E-state index in [1.165, 1.54) is 11.1 Å². The molecule has 82 valence electrons. The van der Waals surface area contributed by atoms with Crippen molar-refractivity contribution in [3.8, 4) is 0 Å². The SMILES string of the molecule is Cc1ccc2c(c1)C(O)(C(C)CN)CC2. The molecular weight excluding hydrogens is 186 g/mol. The second-order valence-electron chi connectivity index (χ2n) is 4.72. The minimum atomic E-state index is -0.698. The van der Waals surface area contributed by atoms with E-state index in [9.17, 15) is 5.11 Å². The maximum atomic E-state index is 10.7. The summed E-state index contributed by atoms with van der Waals surface area (Å²) < 4.78 is 0. The first-order valence-electron chi connectivity index (χ1n) is 5.60. The molecule has 0 spiro atoms. The van der Waals surface area contributed by atoms with Gasteiger partial charge in [0.25, 0.3) is 0 Å². The number of aliphatic hydroxyl groups is 1. The molecule has 0 amide bonds. The predicted octanol–water partition coefficient (Wildman–Crippen LogP) is 1.72. The van der Waals surface area contributed by atoms with E-state index < -0.39 is 5.60 Å². The summed E-state index contributed by atoms with van der Waals surface area (Å²) in [7, 11) is 0. The first-order chi connectivity index (χ1) is 7.08. The molecule has 1 aromatic rings. The Balaban J connectivity index is 2.46. The summed E-state index contributed by atoms with van der Waals surface area (Å²) in [4.78, 5) is 0. The van der Waals surface area contributed by atoms with Crippen molar-refractivity contribution in [1.29, 1.82) is 0 Å². The summed E-state index contributed by atoms with van der Waals surface area (Å²) in [5.74, 6) is 0.126. The smallest absolute Gasteiger partial charge is 0.0939 e. The molecule has 2 nitrogen and oxygen atoms in total. The predicted molar refractivity (Wildman–Crippen MR) is 61.6 cm³/mol. The molecule has 2 unspecified atom stereocenters. The zero-order valence-corrected chi connectivity index (χ0v) is 9.46. The van der Waals surface area contributed by atoms with Crippen molar-refractivity contribution in [2.45, 2.75) is 32.3 Å². The van der Waals surface area contributed by atoms with Gasteiger partial charge in [0, 0.05) is 5.92 Å². The van der Waals surface area contributed by atoms with Crippen LogP contribution in [0.5, 0.6) is 0 Å². The van der Waals surface area contributed by atoms with E-state index in [2.05, 4.69) is 25.1 Å². The molecule has 0 bridgehead atoms. The van der Waals surface area contributed by atoms with Crippen molar-refractivity contribution in [2.75, 3.05) is 6.54 Å². The number of benzene rings is 1. The number of hydrogen-bond donors (Lipinski definition) is 2. The highest BCUT2D eigenvalue weighted by molar-refractivity contribution is 5.40. The molecule has 1 aliphatic rings. The summed E-state index contributed by atoms with van der Waals surface area (Å²) in [6, 6.07) is 6.35. The first-order valence-corrected chi connectivity index (χ1v) is 5.60. The van der Waals surface area contributed by atoms with Gasteiger partial charge in [-0.05, 0) is 37.4 Å². The van der Waals surface area contributed by atoms with Crippen molar-refractivity contribution in [1.82, 2.24) is 0 Å². The van der Waals surface area contributed by atoms with Gasteiger partial charge in [0.1, 0.15) is 0 Å². The van der Waals surface area contributed by atoms with E-state index >= 15 is 0 Å². The Morgan fingerprint density at radius 3 is 2.93 bits per heavy atom. The van der Waals surface area contributed by atoms with Crippen LogP contribution >= 0.6 is 0 Å². The highest BCUT2D eigenvalue weighted by Gasteiger charge is 2.40. The highest BCUT2D eigenvalue weighted by Crippen LogP contribution is 2.42. The van der Waals surface area contributed by atoms with E-state index in [0.717, 1.165) is 18.4 Å². The van der Waals surface area contributed by atoms with E-state index in [1.54, 1.807) is 0 Å². The van der Waals surface area contributed by atoms with Gasteiger partial charge < -0.3 is 10.8 Å². The number of fused-ring (bicyclic) bond motifs is 1. The fourth-order valence-corrected chi connectivity index (χ4v) is 2.48. The lowest BCUT2D eigenvalue weighted by atomic mass is 9.83. The largest absolute Gasteiger partial charge is 0.385 e. The number of rotatable bonds is 2. The van der Waals surface area contributed by atoms with Crippen molar-refractivity contribution in [3.05, 3.63) is 34.9 Å². The maximum Gasteiger partial charge on any atom is 0.0939 e. The summed E-state index contributed by atoms with van der Waals surface area (Å²) in [5.41, 5.74) is 8.56. The molecule has 2 atom stereocenters. The minimum Gasteiger partial charge on any atom is -0.385 e. The van der Waals surface area contributed by atoms with Crippen LogP contribution in [-0.2, 0) is 12.0 Å². The summed E-state index contributed by atoms with van der Waals surface area (Å²) >= 11 is 0. The van der Waals surface area contributed by atoms with Crippen LogP contribution in [0, 0.1) is 12.8 Å². The van der Waals surface area contributed by atoms with Gasteiger partial charge in [-0.15, -0.1) is 0 Å². The van der Waals surface area contributed by atoms with Crippen molar-refractivity contribution in [2.24, 2.45) is 11.7 Å². The average molecular weight is 205 g/mol. The lowest BCUT2D eigenvalue weighted by Gasteiger charge is -2.30. The highest BCUT2D eigenvalue weighted by atomic mass is 16.3. The Morgan fingerprint density at radius 2 is 2.27 bits per heavy atom. The molecule has 0 saturated carbocycles. The molecule has 0 aliphatic heterocycles. The minimum absolute atomic E-state index is 0.126. The van der Waals surface area contributed by atoms with Crippen LogP contribution in [-0.4, -0.2) is 11.7 Å². The van der Waals surface area contributed by atoms with Crippen LogP contribution in [0.2, 0.25) is 0 Å². The van der Waals surface area contributed by atoms with Gasteiger partial charge in [-0.1, -0.05) is 30.7 Å². The zero-order chi connectivity index (χ0) is 11.1. The van der Waals surface area contributed by atoms with Gasteiger partial charge in [0.15, 0.2) is 0 Å².